The molecule has 0 aliphatic rings. The first kappa shape index (κ1) is 22.3. The molecule has 0 saturated carbocycles. The number of fused-ring (bicyclic) bond motifs is 1. The number of aromatic nitrogens is 4. The number of hydrogen-bond donors (Lipinski definition) is 1. The Morgan fingerprint density at radius 1 is 1.19 bits per heavy atom. The van der Waals surface area contributed by atoms with Gasteiger partial charge in [-0.1, -0.05) is 13.8 Å². The molecule has 9 nitrogen and oxygen atoms in total. The largest absolute Gasteiger partial charge is 0.497 e. The van der Waals surface area contributed by atoms with Crippen LogP contribution in [0.25, 0.3) is 10.9 Å². The van der Waals surface area contributed by atoms with Crippen LogP contribution < -0.4 is 20.3 Å². The Morgan fingerprint density at radius 2 is 1.90 bits per heavy atom. The second kappa shape index (κ2) is 8.41. The Kier molecular flexibility index (Phi) is 6.06. The summed E-state index contributed by atoms with van der Waals surface area (Å²) >= 11 is 0. The van der Waals surface area contributed by atoms with E-state index in [0.29, 0.717) is 28.1 Å². The summed E-state index contributed by atoms with van der Waals surface area (Å²) in [5.74, 6) is 0.720. The van der Waals surface area contributed by atoms with Gasteiger partial charge in [-0.05, 0) is 38.8 Å². The summed E-state index contributed by atoms with van der Waals surface area (Å²) in [6.45, 7) is 9.67. The van der Waals surface area contributed by atoms with Crippen molar-refractivity contribution in [1.29, 1.82) is 0 Å². The Hall–Kier alpha value is -3.36. The summed E-state index contributed by atoms with van der Waals surface area (Å²) in [4.78, 5) is 26.0. The maximum Gasteiger partial charge on any atom is 0.293 e. The Labute approximate surface area is 181 Å². The van der Waals surface area contributed by atoms with Gasteiger partial charge in [0.1, 0.15) is 23.6 Å². The quantitative estimate of drug-likeness (QED) is 0.649. The number of rotatable bonds is 6. The van der Waals surface area contributed by atoms with Crippen LogP contribution in [-0.2, 0) is 16.9 Å². The zero-order valence-electron chi connectivity index (χ0n) is 19.0. The van der Waals surface area contributed by atoms with Gasteiger partial charge in [0.2, 0.25) is 5.91 Å². The van der Waals surface area contributed by atoms with Crippen molar-refractivity contribution in [2.45, 2.75) is 52.6 Å². The average Bonchev–Trinajstić information content (AvgIpc) is 3.16. The summed E-state index contributed by atoms with van der Waals surface area (Å²) in [5.41, 5.74) is 0.892. The highest BCUT2D eigenvalue weighted by molar-refractivity contribution is 5.92. The van der Waals surface area contributed by atoms with Gasteiger partial charge < -0.3 is 14.8 Å². The fraction of sp³-hybridized carbons (Fsp3) is 0.455. The van der Waals surface area contributed by atoms with E-state index in [1.54, 1.807) is 36.2 Å². The molecule has 1 amide bonds. The predicted molar refractivity (Wildman–Crippen MR) is 119 cm³/mol. The normalized spacial score (nSPS) is 11.7. The Balaban J connectivity index is 2.01. The number of anilines is 1. The number of carbonyl (C=O) groups excluding carboxylic acids is 1. The highest BCUT2D eigenvalue weighted by atomic mass is 16.5. The Morgan fingerprint density at radius 3 is 2.48 bits per heavy atom. The Bertz CT molecular complexity index is 1170. The predicted octanol–water partition coefficient (Wildman–Crippen LogP) is 3.13. The smallest absolute Gasteiger partial charge is 0.293 e. The van der Waals surface area contributed by atoms with Crippen molar-refractivity contribution in [3.05, 3.63) is 40.4 Å². The number of hydrogen-bond acceptors (Lipinski definition) is 6. The number of nitrogens with one attached hydrogen (secondary N) is 1. The number of ether oxygens (including phenoxy) is 2. The van der Waals surface area contributed by atoms with Gasteiger partial charge in [-0.25, -0.2) is 4.68 Å². The summed E-state index contributed by atoms with van der Waals surface area (Å²) in [7, 11) is 3.06. The molecule has 0 aliphatic heterocycles. The minimum absolute atomic E-state index is 0.0525. The average molecular weight is 428 g/mol. The number of amides is 1. The molecule has 3 rings (SSSR count). The first-order valence-corrected chi connectivity index (χ1v) is 10.1. The van der Waals surface area contributed by atoms with E-state index in [1.165, 1.54) is 11.8 Å². The number of nitrogens with zero attached hydrogens (tertiary/aromatic N) is 4. The lowest BCUT2D eigenvalue weighted by Crippen LogP contribution is -2.34. The molecule has 0 saturated heterocycles. The molecule has 0 bridgehead atoms. The summed E-state index contributed by atoms with van der Waals surface area (Å²) in [5, 5.41) is 12.4. The molecule has 0 spiro atoms. The fourth-order valence-electron chi connectivity index (χ4n) is 3.36. The topological polar surface area (TPSA) is 100 Å². The molecule has 9 heteroatoms. The van der Waals surface area contributed by atoms with Gasteiger partial charge in [0, 0.05) is 11.5 Å². The molecule has 0 aliphatic carbocycles. The van der Waals surface area contributed by atoms with Crippen molar-refractivity contribution >= 4 is 22.5 Å². The third-order valence-corrected chi connectivity index (χ3v) is 4.87. The van der Waals surface area contributed by atoms with Gasteiger partial charge in [-0.2, -0.15) is 10.2 Å². The molecule has 0 atom stereocenters. The molecule has 0 fully saturated rings. The maximum absolute atomic E-state index is 13.2. The van der Waals surface area contributed by atoms with Crippen molar-refractivity contribution in [1.82, 2.24) is 19.6 Å². The molecule has 3 aromatic rings. The van der Waals surface area contributed by atoms with Crippen molar-refractivity contribution in [2.75, 3.05) is 19.5 Å². The van der Waals surface area contributed by atoms with E-state index >= 15 is 0 Å². The third kappa shape index (κ3) is 4.40. The van der Waals surface area contributed by atoms with E-state index in [2.05, 4.69) is 15.5 Å². The van der Waals surface area contributed by atoms with Crippen LogP contribution in [0.1, 0.15) is 46.2 Å². The first-order chi connectivity index (χ1) is 14.6. The van der Waals surface area contributed by atoms with Crippen LogP contribution in [0.3, 0.4) is 0 Å². The van der Waals surface area contributed by atoms with Gasteiger partial charge >= 0.3 is 0 Å². The van der Waals surface area contributed by atoms with Crippen LogP contribution in [-0.4, -0.2) is 39.7 Å². The van der Waals surface area contributed by atoms with Gasteiger partial charge in [0.25, 0.3) is 5.56 Å². The van der Waals surface area contributed by atoms with Crippen LogP contribution >= 0.6 is 0 Å². The fourth-order valence-corrected chi connectivity index (χ4v) is 3.36. The highest BCUT2D eigenvalue weighted by Gasteiger charge is 2.24. The van der Waals surface area contributed by atoms with E-state index in [0.717, 1.165) is 5.69 Å². The van der Waals surface area contributed by atoms with Crippen LogP contribution in [0, 0.1) is 0 Å². The lowest BCUT2D eigenvalue weighted by molar-refractivity contribution is -0.117. The third-order valence-electron chi connectivity index (χ3n) is 4.87. The van der Waals surface area contributed by atoms with Crippen LogP contribution in [0.4, 0.5) is 5.69 Å². The maximum atomic E-state index is 13.2. The van der Waals surface area contributed by atoms with E-state index in [9.17, 15) is 9.59 Å². The van der Waals surface area contributed by atoms with E-state index < -0.39 is 11.4 Å². The van der Waals surface area contributed by atoms with Crippen molar-refractivity contribution in [2.24, 2.45) is 0 Å². The van der Waals surface area contributed by atoms with E-state index in [-0.39, 0.29) is 18.0 Å². The number of benzene rings is 1. The molecule has 31 heavy (non-hydrogen) atoms. The second-order valence-corrected chi connectivity index (χ2v) is 8.61. The van der Waals surface area contributed by atoms with Crippen LogP contribution in [0.5, 0.6) is 11.5 Å². The van der Waals surface area contributed by atoms with Gasteiger partial charge in [0.05, 0.1) is 37.3 Å². The van der Waals surface area contributed by atoms with Gasteiger partial charge in [0.15, 0.2) is 0 Å². The molecule has 0 unspecified atom stereocenters. The molecule has 2 aromatic heterocycles. The minimum atomic E-state index is -0.396. The minimum Gasteiger partial charge on any atom is -0.497 e. The lowest BCUT2D eigenvalue weighted by atomic mass is 10.1. The summed E-state index contributed by atoms with van der Waals surface area (Å²) < 4.78 is 13.4. The summed E-state index contributed by atoms with van der Waals surface area (Å²) in [6.07, 6.45) is 1.68. The first-order valence-electron chi connectivity index (χ1n) is 10.1. The summed E-state index contributed by atoms with van der Waals surface area (Å²) in [6, 6.07) is 5.07. The molecular weight excluding hydrogens is 398 g/mol. The highest BCUT2D eigenvalue weighted by Crippen LogP contribution is 2.29. The zero-order chi connectivity index (χ0) is 22.9. The van der Waals surface area contributed by atoms with E-state index in [4.69, 9.17) is 9.47 Å². The molecule has 2 heterocycles. The second-order valence-electron chi connectivity index (χ2n) is 8.61. The molecule has 166 valence electrons. The van der Waals surface area contributed by atoms with E-state index in [1.807, 2.05) is 34.6 Å². The SMILES string of the molecule is COc1ccc(NC(=O)Cn2nc(C(C)C)c3cnn(C(C)(C)C)c3c2=O)c(OC)c1. The molecule has 1 N–H and O–H groups in total. The molecular formula is C22H29N5O4. The van der Waals surface area contributed by atoms with Crippen molar-refractivity contribution in [3.8, 4) is 11.5 Å². The van der Waals surface area contributed by atoms with Crippen molar-refractivity contribution < 1.29 is 14.3 Å². The standard InChI is InChI=1S/C22H29N5O4/c1-13(2)19-15-11-23-27(22(3,4)5)20(15)21(29)26(25-19)12-18(28)24-16-9-8-14(30-6)10-17(16)31-7/h8-11,13H,12H2,1-7H3,(H,24,28). The van der Waals surface area contributed by atoms with Gasteiger partial charge in [-0.15, -0.1) is 0 Å². The van der Waals surface area contributed by atoms with Crippen LogP contribution in [0.2, 0.25) is 0 Å². The van der Waals surface area contributed by atoms with Crippen LogP contribution in [0.15, 0.2) is 29.2 Å². The number of carbonyl (C=O) groups is 1. The zero-order valence-corrected chi connectivity index (χ0v) is 19.0. The monoisotopic (exact) mass is 427 g/mol. The molecule has 0 radical (unpaired) electrons. The number of methoxy groups -OCH3 is 2. The van der Waals surface area contributed by atoms with Gasteiger partial charge in [-0.3, -0.25) is 14.3 Å². The lowest BCUT2D eigenvalue weighted by Gasteiger charge is -2.21. The molecule has 1 aromatic carbocycles. The van der Waals surface area contributed by atoms with Crippen molar-refractivity contribution in [3.63, 3.8) is 0 Å².